The third-order valence-electron chi connectivity index (χ3n) is 13.3. The predicted molar refractivity (Wildman–Crippen MR) is 332 cm³/mol. The number of esters is 4. The van der Waals surface area contributed by atoms with Crippen LogP contribution in [0.15, 0.2) is 114 Å². The van der Waals surface area contributed by atoms with Crippen LogP contribution < -0.4 is 28.7 Å². The van der Waals surface area contributed by atoms with Crippen molar-refractivity contribution in [1.82, 2.24) is 39.1 Å². The molecule has 4 aromatic carbocycles. The Morgan fingerprint density at radius 2 is 1.01 bits per heavy atom. The van der Waals surface area contributed by atoms with Crippen LogP contribution in [0, 0.1) is 34.0 Å². The number of hydrogen-bond donors (Lipinski definition) is 5. The lowest BCUT2D eigenvalue weighted by Crippen LogP contribution is -2.17. The summed E-state index contributed by atoms with van der Waals surface area (Å²) in [4.78, 5) is 48.7. The average molecular weight is 1270 g/mol. The highest BCUT2D eigenvalue weighted by Gasteiger charge is 2.31. The number of halogens is 1. The van der Waals surface area contributed by atoms with E-state index < -0.39 is 23.9 Å². The Hall–Kier alpha value is -10.6. The smallest absolute Gasteiger partial charge is 0.359 e. The Kier molecular flexibility index (Phi) is 23.5. The van der Waals surface area contributed by atoms with Gasteiger partial charge in [-0.3, -0.25) is 0 Å². The normalized spacial score (nSPS) is 13.2. The van der Waals surface area contributed by atoms with Crippen molar-refractivity contribution >= 4 is 68.1 Å². The number of nitriles is 3. The number of carbonyl (C=O) groups is 4. The molecular weight excluding hydrogens is 1210 g/mol. The second-order valence-electron chi connectivity index (χ2n) is 19.1. The van der Waals surface area contributed by atoms with Gasteiger partial charge in [0, 0.05) is 24.6 Å². The van der Waals surface area contributed by atoms with Gasteiger partial charge in [0.1, 0.15) is 11.4 Å². The number of nitrogen functional groups attached to an aromatic ring is 4. The molecule has 0 saturated carbocycles. The number of nitrogens with zero attached hydrogens (tertiary/aromatic N) is 11. The molecule has 0 aliphatic carbocycles. The summed E-state index contributed by atoms with van der Waals surface area (Å²) in [6, 6.07) is 33.7. The molecular formula is C62H65BrN16O10. The van der Waals surface area contributed by atoms with E-state index in [0.717, 1.165) is 42.7 Å². The minimum atomic E-state index is -0.549. The zero-order valence-electron chi connectivity index (χ0n) is 49.2. The van der Waals surface area contributed by atoms with Crippen LogP contribution in [0.3, 0.4) is 0 Å². The molecule has 26 nitrogen and oxygen atoms in total. The van der Waals surface area contributed by atoms with Gasteiger partial charge in [-0.2, -0.15) is 36.2 Å². The predicted octanol–water partition coefficient (Wildman–Crippen LogP) is 8.06. The molecule has 0 radical (unpaired) electrons. The molecule has 10 N–H and O–H groups in total. The summed E-state index contributed by atoms with van der Waals surface area (Å²) in [6.07, 6.45) is 6.07. The fourth-order valence-electron chi connectivity index (χ4n) is 9.01. The van der Waals surface area contributed by atoms with Gasteiger partial charge in [0.15, 0.2) is 27.4 Å². The van der Waals surface area contributed by atoms with Crippen LogP contribution in [0.5, 0.6) is 0 Å². The number of rotatable bonds is 15. The molecule has 27 heteroatoms. The van der Waals surface area contributed by atoms with Gasteiger partial charge >= 0.3 is 23.9 Å². The Balaban J connectivity index is 0.000000170. The molecule has 0 amide bonds. The Morgan fingerprint density at radius 3 is 1.45 bits per heavy atom. The maximum atomic E-state index is 12.5. The standard InChI is InChI=1S/C18H24N4O3.C18H18N4O3.C13H11BrN4O2.C13H12N4O2/c2*1-2-25-18(23)17-15(20)16(13-4-3-9-24-11-13)21-22(17)14-7-5-12(10-19)6-8-14;1-2-20-13(19)11-10(16)12(14)17-18(11)9-5-3-8(7-15)4-6-9;1-2-19-13(18)12-11(15)8-16-17(12)10-5-3-9(7-14)4-6-10/h5-8,13H,2-4,9-11,19-20H2,1H3;4-8H,2-3,9,11,20H2,1H3;3-6H,2,16H2,1H3;3-6,8H,2,15H2,1H3. The van der Waals surface area contributed by atoms with E-state index in [2.05, 4.69) is 42.4 Å². The van der Waals surface area contributed by atoms with E-state index >= 15 is 0 Å². The lowest BCUT2D eigenvalue weighted by atomic mass is 9.97. The zero-order valence-corrected chi connectivity index (χ0v) is 50.8. The van der Waals surface area contributed by atoms with Crippen molar-refractivity contribution in [2.24, 2.45) is 5.73 Å². The van der Waals surface area contributed by atoms with E-state index in [1.807, 2.05) is 42.5 Å². The molecule has 1 fully saturated rings. The van der Waals surface area contributed by atoms with Crippen molar-refractivity contribution in [3.05, 3.63) is 170 Å². The van der Waals surface area contributed by atoms with Crippen LogP contribution in [-0.4, -0.2) is 116 Å². The summed E-state index contributed by atoms with van der Waals surface area (Å²) in [7, 11) is 0. The average Bonchev–Trinajstić information content (AvgIpc) is 2.34. The third kappa shape index (κ3) is 15.9. The van der Waals surface area contributed by atoms with E-state index in [1.165, 1.54) is 20.2 Å². The summed E-state index contributed by atoms with van der Waals surface area (Å²) in [6.45, 7) is 10.8. The number of nitrogens with two attached hydrogens (primary N) is 5. The largest absolute Gasteiger partial charge is 0.461 e. The first-order valence-electron chi connectivity index (χ1n) is 28.0. The van der Waals surface area contributed by atoms with Crippen LogP contribution in [-0.2, 0) is 35.0 Å². The molecule has 460 valence electrons. The summed E-state index contributed by atoms with van der Waals surface area (Å²) >= 11 is 3.19. The number of hydrogen-bond acceptors (Lipinski definition) is 22. The number of anilines is 4. The van der Waals surface area contributed by atoms with Crippen LogP contribution in [0.1, 0.15) is 128 Å². The van der Waals surface area contributed by atoms with Gasteiger partial charge in [-0.15, -0.1) is 0 Å². The van der Waals surface area contributed by atoms with Crippen molar-refractivity contribution < 1.29 is 47.6 Å². The monoisotopic (exact) mass is 1270 g/mol. The highest BCUT2D eigenvalue weighted by atomic mass is 79.9. The van der Waals surface area contributed by atoms with Crippen LogP contribution >= 0.6 is 15.9 Å². The van der Waals surface area contributed by atoms with E-state index in [0.29, 0.717) is 81.8 Å². The van der Waals surface area contributed by atoms with E-state index in [9.17, 15) is 19.2 Å². The lowest BCUT2D eigenvalue weighted by molar-refractivity contribution is 0.0507. The highest BCUT2D eigenvalue weighted by Crippen LogP contribution is 2.34. The Bertz CT molecular complexity index is 3940. The molecule has 0 spiro atoms. The van der Waals surface area contributed by atoms with Crippen LogP contribution in [0.25, 0.3) is 28.3 Å². The molecule has 8 aromatic rings. The summed E-state index contributed by atoms with van der Waals surface area (Å²) < 4.78 is 37.4. The van der Waals surface area contributed by atoms with Crippen molar-refractivity contribution in [3.63, 3.8) is 0 Å². The Labute approximate surface area is 520 Å². The van der Waals surface area contributed by atoms with Gasteiger partial charge in [0.25, 0.3) is 0 Å². The van der Waals surface area contributed by atoms with Gasteiger partial charge in [-0.05, 0) is 153 Å². The molecule has 89 heavy (non-hydrogen) atoms. The molecule has 0 bridgehead atoms. The molecule has 1 atom stereocenters. The number of ether oxygens (including phenoxy) is 6. The van der Waals surface area contributed by atoms with Gasteiger partial charge < -0.3 is 57.1 Å². The van der Waals surface area contributed by atoms with Gasteiger partial charge in [-0.1, -0.05) is 18.2 Å². The molecule has 2 aliphatic heterocycles. The topological polar surface area (TPSA) is 396 Å². The first kappa shape index (κ1) is 65.9. The molecule has 10 rings (SSSR count). The zero-order chi connectivity index (χ0) is 64.1. The lowest BCUT2D eigenvalue weighted by Gasteiger charge is -2.20. The fraction of sp³-hybridized carbons (Fsp3) is 0.274. The first-order chi connectivity index (χ1) is 43.0. The Morgan fingerprint density at radius 1 is 0.573 bits per heavy atom. The number of aromatic nitrogens is 8. The highest BCUT2D eigenvalue weighted by molar-refractivity contribution is 9.10. The maximum Gasteiger partial charge on any atom is 0.359 e. The SMILES string of the molecule is CCOC(=O)c1c(N)c(Br)nn1-c1ccc(C#N)cc1.CCOC(=O)c1c(N)c(C2=CCCOC2)nn1-c1ccc(C#N)cc1.CCOC(=O)c1c(N)c(C2CCCOC2)nn1-c1ccc(CN)cc1.CCOC(=O)c1c(N)cnn1-c1ccc(C#N)cc1. The molecule has 1 unspecified atom stereocenters. The molecule has 4 aromatic heterocycles. The van der Waals surface area contributed by atoms with E-state index in [4.69, 9.17) is 72.9 Å². The first-order valence-corrected chi connectivity index (χ1v) is 28.8. The third-order valence-corrected chi connectivity index (χ3v) is 13.9. The van der Waals surface area contributed by atoms with Gasteiger partial charge in [0.2, 0.25) is 0 Å². The van der Waals surface area contributed by atoms with Crippen molar-refractivity contribution in [2.75, 3.05) is 75.8 Å². The molecule has 6 heterocycles. The van der Waals surface area contributed by atoms with E-state index in [-0.39, 0.29) is 72.2 Å². The summed E-state index contributed by atoms with van der Waals surface area (Å²) in [5.74, 6) is -2.00. The second kappa shape index (κ2) is 31.7. The van der Waals surface area contributed by atoms with Crippen molar-refractivity contribution in [1.29, 1.82) is 15.8 Å². The minimum absolute atomic E-state index is 0.0893. The van der Waals surface area contributed by atoms with Crippen LogP contribution in [0.4, 0.5) is 22.7 Å². The number of benzene rings is 4. The van der Waals surface area contributed by atoms with Crippen molar-refractivity contribution in [2.45, 2.75) is 59.4 Å². The van der Waals surface area contributed by atoms with Gasteiger partial charge in [-0.25, -0.2) is 37.9 Å². The van der Waals surface area contributed by atoms with Crippen molar-refractivity contribution in [3.8, 4) is 41.0 Å². The summed E-state index contributed by atoms with van der Waals surface area (Å²) in [5.41, 5.74) is 38.9. The van der Waals surface area contributed by atoms with Crippen LogP contribution in [0.2, 0.25) is 0 Å². The molecule has 1 saturated heterocycles. The summed E-state index contributed by atoms with van der Waals surface area (Å²) in [5, 5.41) is 43.9. The maximum absolute atomic E-state index is 12.5. The molecule has 2 aliphatic rings. The minimum Gasteiger partial charge on any atom is -0.461 e. The quantitative estimate of drug-likeness (QED) is 0.0478. The number of carbonyl (C=O) groups excluding carboxylic acids is 4. The van der Waals surface area contributed by atoms with E-state index in [1.54, 1.807) is 105 Å². The van der Waals surface area contributed by atoms with Gasteiger partial charge in [0.05, 0.1) is 133 Å². The fourth-order valence-corrected chi connectivity index (χ4v) is 9.36. The second-order valence-corrected chi connectivity index (χ2v) is 19.9.